The highest BCUT2D eigenvalue weighted by molar-refractivity contribution is 6.14. The van der Waals surface area contributed by atoms with Gasteiger partial charge in [0.15, 0.2) is 5.84 Å². The SMILES string of the molecule is CC1(C)c2ccccc2-c2cc3c4ccccc4n(-c4ccccc4C(N)=NC(=N)c4ccccc4)c3cc21. The molecule has 188 valence electrons. The molecule has 6 aromatic rings. The minimum atomic E-state index is -0.105. The van der Waals surface area contributed by atoms with E-state index in [0.717, 1.165) is 27.8 Å². The fraction of sp³-hybridized carbons (Fsp3) is 0.0857. The zero-order chi connectivity index (χ0) is 26.7. The molecule has 0 saturated carbocycles. The van der Waals surface area contributed by atoms with Crippen LogP contribution < -0.4 is 5.73 Å². The highest BCUT2D eigenvalue weighted by Gasteiger charge is 2.36. The number of fused-ring (bicyclic) bond motifs is 6. The van der Waals surface area contributed by atoms with Crippen LogP contribution in [-0.4, -0.2) is 16.2 Å². The molecular weight excluding hydrogens is 476 g/mol. The number of nitrogens with two attached hydrogens (primary N) is 1. The summed E-state index contributed by atoms with van der Waals surface area (Å²) in [4.78, 5) is 4.52. The lowest BCUT2D eigenvalue weighted by molar-refractivity contribution is 0.661. The van der Waals surface area contributed by atoms with Crippen LogP contribution in [0.5, 0.6) is 0 Å². The number of aliphatic imine (C=N–C) groups is 1. The second-order valence-electron chi connectivity index (χ2n) is 10.7. The smallest absolute Gasteiger partial charge is 0.154 e. The van der Waals surface area contributed by atoms with Crippen molar-refractivity contribution in [1.82, 2.24) is 4.57 Å². The van der Waals surface area contributed by atoms with Crippen molar-refractivity contribution in [2.24, 2.45) is 10.7 Å². The van der Waals surface area contributed by atoms with Gasteiger partial charge in [-0.05, 0) is 52.6 Å². The van der Waals surface area contributed by atoms with Crippen molar-refractivity contribution in [2.45, 2.75) is 19.3 Å². The normalized spacial score (nSPS) is 13.9. The standard InChI is InChI=1S/C35H28N4/c1-35(2)28-17-9-6-14-23(28)26-20-27-24-15-7-10-18-30(24)39(32(27)21-29(26)35)31-19-11-8-16-25(31)34(37)38-33(36)22-12-4-3-5-13-22/h3-21H,1-2H3,(H3,36,37,38). The minimum Gasteiger partial charge on any atom is -0.383 e. The Labute approximate surface area is 227 Å². The number of para-hydroxylation sites is 2. The van der Waals surface area contributed by atoms with Crippen molar-refractivity contribution in [3.8, 4) is 16.8 Å². The summed E-state index contributed by atoms with van der Waals surface area (Å²) in [5.74, 6) is 0.460. The summed E-state index contributed by atoms with van der Waals surface area (Å²) in [5, 5.41) is 10.9. The van der Waals surface area contributed by atoms with Crippen LogP contribution in [-0.2, 0) is 5.41 Å². The highest BCUT2D eigenvalue weighted by Crippen LogP contribution is 2.50. The van der Waals surface area contributed by atoms with Crippen LogP contribution >= 0.6 is 0 Å². The molecule has 0 amide bonds. The fourth-order valence-electron chi connectivity index (χ4n) is 6.15. The van der Waals surface area contributed by atoms with E-state index in [2.05, 4.69) is 90.1 Å². The Bertz CT molecular complexity index is 1960. The zero-order valence-electron chi connectivity index (χ0n) is 21.9. The molecule has 0 spiro atoms. The number of nitrogens with one attached hydrogen (secondary N) is 1. The Morgan fingerprint density at radius 2 is 1.38 bits per heavy atom. The molecule has 1 aliphatic rings. The summed E-state index contributed by atoms with van der Waals surface area (Å²) in [7, 11) is 0. The van der Waals surface area contributed by atoms with Crippen molar-refractivity contribution in [2.75, 3.05) is 0 Å². The molecule has 0 fully saturated rings. The summed E-state index contributed by atoms with van der Waals surface area (Å²) in [6, 6.07) is 39.6. The lowest BCUT2D eigenvalue weighted by Crippen LogP contribution is -2.18. The number of rotatable bonds is 3. The molecule has 0 unspecified atom stereocenters. The fourth-order valence-corrected chi connectivity index (χ4v) is 6.15. The van der Waals surface area contributed by atoms with Crippen LogP contribution in [0.25, 0.3) is 38.6 Å². The van der Waals surface area contributed by atoms with Gasteiger partial charge in [0.25, 0.3) is 0 Å². The van der Waals surface area contributed by atoms with Crippen LogP contribution in [0.15, 0.2) is 120 Å². The van der Waals surface area contributed by atoms with Crippen molar-refractivity contribution in [3.05, 3.63) is 138 Å². The molecule has 3 N–H and O–H groups in total. The number of hydrogen-bond donors (Lipinski definition) is 2. The summed E-state index contributed by atoms with van der Waals surface area (Å²) < 4.78 is 2.30. The van der Waals surface area contributed by atoms with Crippen LogP contribution in [0.2, 0.25) is 0 Å². The Kier molecular flexibility index (Phi) is 5.07. The van der Waals surface area contributed by atoms with Gasteiger partial charge in [-0.15, -0.1) is 0 Å². The number of hydrogen-bond acceptors (Lipinski definition) is 1. The van der Waals surface area contributed by atoms with Crippen molar-refractivity contribution < 1.29 is 0 Å². The number of nitrogens with zero attached hydrogens (tertiary/aromatic N) is 2. The molecule has 5 aromatic carbocycles. The number of aromatic nitrogens is 1. The topological polar surface area (TPSA) is 67.2 Å². The maximum Gasteiger partial charge on any atom is 0.154 e. The number of benzene rings is 5. The Morgan fingerprint density at radius 1 is 0.692 bits per heavy atom. The molecule has 4 heteroatoms. The molecule has 0 aliphatic heterocycles. The van der Waals surface area contributed by atoms with Crippen LogP contribution in [0.1, 0.15) is 36.1 Å². The molecule has 0 saturated heterocycles. The first-order valence-electron chi connectivity index (χ1n) is 13.2. The molecule has 1 aliphatic carbocycles. The summed E-state index contributed by atoms with van der Waals surface area (Å²) in [5.41, 5.74) is 16.5. The van der Waals surface area contributed by atoms with Gasteiger partial charge in [0.2, 0.25) is 0 Å². The van der Waals surface area contributed by atoms with E-state index in [-0.39, 0.29) is 11.3 Å². The third-order valence-corrected chi connectivity index (χ3v) is 8.08. The molecule has 0 atom stereocenters. The van der Waals surface area contributed by atoms with E-state index in [9.17, 15) is 0 Å². The summed E-state index contributed by atoms with van der Waals surface area (Å²) in [6.45, 7) is 4.62. The maximum absolute atomic E-state index is 8.53. The van der Waals surface area contributed by atoms with E-state index >= 15 is 0 Å². The van der Waals surface area contributed by atoms with Gasteiger partial charge < -0.3 is 10.3 Å². The third kappa shape index (κ3) is 3.45. The predicted molar refractivity (Wildman–Crippen MR) is 162 cm³/mol. The van der Waals surface area contributed by atoms with Crippen molar-refractivity contribution in [3.63, 3.8) is 0 Å². The van der Waals surface area contributed by atoms with Crippen molar-refractivity contribution in [1.29, 1.82) is 5.41 Å². The first-order chi connectivity index (χ1) is 18.9. The zero-order valence-corrected chi connectivity index (χ0v) is 21.9. The lowest BCUT2D eigenvalue weighted by Gasteiger charge is -2.22. The van der Waals surface area contributed by atoms with E-state index in [0.29, 0.717) is 5.84 Å². The van der Waals surface area contributed by atoms with E-state index in [1.165, 1.54) is 33.0 Å². The summed E-state index contributed by atoms with van der Waals surface area (Å²) in [6.07, 6.45) is 0. The monoisotopic (exact) mass is 504 g/mol. The first-order valence-corrected chi connectivity index (χ1v) is 13.2. The lowest BCUT2D eigenvalue weighted by atomic mass is 9.82. The highest BCUT2D eigenvalue weighted by atomic mass is 15.0. The Morgan fingerprint density at radius 3 is 2.23 bits per heavy atom. The van der Waals surface area contributed by atoms with E-state index in [4.69, 9.17) is 11.1 Å². The third-order valence-electron chi connectivity index (χ3n) is 8.08. The largest absolute Gasteiger partial charge is 0.383 e. The molecular formula is C35H28N4. The molecule has 0 radical (unpaired) electrons. The molecule has 0 bridgehead atoms. The van der Waals surface area contributed by atoms with Gasteiger partial charge in [-0.3, -0.25) is 5.41 Å². The molecule has 39 heavy (non-hydrogen) atoms. The Hall–Kier alpha value is -4.96. The van der Waals surface area contributed by atoms with Crippen molar-refractivity contribution >= 4 is 33.5 Å². The van der Waals surface area contributed by atoms with Gasteiger partial charge in [-0.25, -0.2) is 4.99 Å². The average Bonchev–Trinajstić information content (AvgIpc) is 3.41. The van der Waals surface area contributed by atoms with E-state index in [1.54, 1.807) is 0 Å². The van der Waals surface area contributed by atoms with Gasteiger partial charge >= 0.3 is 0 Å². The molecule has 4 nitrogen and oxygen atoms in total. The first kappa shape index (κ1) is 23.2. The van der Waals surface area contributed by atoms with Crippen LogP contribution in [0, 0.1) is 5.41 Å². The molecule has 1 aromatic heterocycles. The van der Waals surface area contributed by atoms with Gasteiger partial charge in [-0.1, -0.05) is 98.8 Å². The average molecular weight is 505 g/mol. The van der Waals surface area contributed by atoms with Gasteiger partial charge in [0.05, 0.1) is 16.7 Å². The van der Waals surface area contributed by atoms with Gasteiger partial charge in [0, 0.05) is 27.3 Å². The van der Waals surface area contributed by atoms with E-state index in [1.807, 2.05) is 48.5 Å². The second-order valence-corrected chi connectivity index (χ2v) is 10.7. The number of amidine groups is 2. The minimum absolute atomic E-state index is 0.105. The molecule has 1 heterocycles. The molecule has 7 rings (SSSR count). The predicted octanol–water partition coefficient (Wildman–Crippen LogP) is 7.82. The van der Waals surface area contributed by atoms with Crippen LogP contribution in [0.4, 0.5) is 0 Å². The Balaban J connectivity index is 1.49. The second kappa shape index (κ2) is 8.53. The quantitative estimate of drug-likeness (QED) is 0.187. The van der Waals surface area contributed by atoms with E-state index < -0.39 is 0 Å². The van der Waals surface area contributed by atoms with Gasteiger partial charge in [0.1, 0.15) is 5.84 Å². The van der Waals surface area contributed by atoms with Gasteiger partial charge in [-0.2, -0.15) is 0 Å². The van der Waals surface area contributed by atoms with Crippen LogP contribution in [0.3, 0.4) is 0 Å². The maximum atomic E-state index is 8.53. The summed E-state index contributed by atoms with van der Waals surface area (Å²) >= 11 is 0.